The van der Waals surface area contributed by atoms with E-state index in [9.17, 15) is 4.79 Å². The average molecular weight is 305 g/mol. The third kappa shape index (κ3) is 3.07. The van der Waals surface area contributed by atoms with Crippen molar-refractivity contribution in [1.29, 1.82) is 0 Å². The molecule has 2 aromatic rings. The summed E-state index contributed by atoms with van der Waals surface area (Å²) in [5.74, 6) is 1.61. The first kappa shape index (κ1) is 14.1. The van der Waals surface area contributed by atoms with Crippen molar-refractivity contribution in [2.75, 3.05) is 23.7 Å². The van der Waals surface area contributed by atoms with Gasteiger partial charge in [-0.05, 0) is 26.3 Å². The van der Waals surface area contributed by atoms with Crippen LogP contribution in [0.2, 0.25) is 0 Å². The van der Waals surface area contributed by atoms with Crippen LogP contribution < -0.4 is 16.0 Å². The van der Waals surface area contributed by atoms with Crippen LogP contribution in [-0.2, 0) is 4.79 Å². The summed E-state index contributed by atoms with van der Waals surface area (Å²) in [4.78, 5) is 22.5. The molecule has 0 aliphatic carbocycles. The number of anilines is 2. The van der Waals surface area contributed by atoms with Crippen molar-refractivity contribution in [3.8, 4) is 0 Å². The van der Waals surface area contributed by atoms with E-state index in [1.54, 1.807) is 11.3 Å². The molecule has 2 aromatic heterocycles. The van der Waals surface area contributed by atoms with Crippen LogP contribution in [-0.4, -0.2) is 35.0 Å². The second kappa shape index (κ2) is 5.85. The van der Waals surface area contributed by atoms with E-state index in [4.69, 9.17) is 0 Å². The van der Waals surface area contributed by atoms with E-state index in [1.807, 2.05) is 6.92 Å². The van der Waals surface area contributed by atoms with Gasteiger partial charge in [0.1, 0.15) is 10.6 Å². The Labute approximate surface area is 127 Å². The van der Waals surface area contributed by atoms with Gasteiger partial charge in [0.05, 0.1) is 5.39 Å². The molecule has 0 spiro atoms. The molecule has 1 fully saturated rings. The first-order valence-electron chi connectivity index (χ1n) is 7.21. The van der Waals surface area contributed by atoms with Crippen LogP contribution in [0.4, 0.5) is 11.8 Å². The number of fused-ring (bicyclic) bond motifs is 1. The first-order chi connectivity index (χ1) is 10.2. The van der Waals surface area contributed by atoms with Crippen molar-refractivity contribution in [1.82, 2.24) is 15.3 Å². The minimum atomic E-state index is 0.134. The third-order valence-corrected chi connectivity index (χ3v) is 4.40. The number of rotatable bonds is 5. The molecule has 1 aliphatic heterocycles. The predicted molar refractivity (Wildman–Crippen MR) is 86.0 cm³/mol. The Morgan fingerprint density at radius 1 is 1.43 bits per heavy atom. The van der Waals surface area contributed by atoms with Gasteiger partial charge < -0.3 is 16.0 Å². The fourth-order valence-electron chi connectivity index (χ4n) is 2.46. The van der Waals surface area contributed by atoms with Crippen LogP contribution in [0.3, 0.4) is 0 Å². The molecule has 3 heterocycles. The summed E-state index contributed by atoms with van der Waals surface area (Å²) in [6.07, 6.45) is 1.49. The molecule has 21 heavy (non-hydrogen) atoms. The van der Waals surface area contributed by atoms with Crippen molar-refractivity contribution < 1.29 is 4.79 Å². The number of aromatic nitrogens is 2. The van der Waals surface area contributed by atoms with Crippen molar-refractivity contribution in [3.05, 3.63) is 10.9 Å². The molecule has 1 saturated heterocycles. The Bertz CT molecular complexity index is 669. The smallest absolute Gasteiger partial charge is 0.226 e. The lowest BCUT2D eigenvalue weighted by Gasteiger charge is -2.13. The van der Waals surface area contributed by atoms with E-state index in [1.165, 1.54) is 4.88 Å². The first-order valence-corrected chi connectivity index (χ1v) is 8.02. The Hall–Kier alpha value is -1.89. The molecule has 112 valence electrons. The Kier molecular flexibility index (Phi) is 3.92. The Morgan fingerprint density at radius 3 is 3.00 bits per heavy atom. The van der Waals surface area contributed by atoms with E-state index in [2.05, 4.69) is 38.9 Å². The van der Waals surface area contributed by atoms with Gasteiger partial charge in [-0.1, -0.05) is 0 Å². The predicted octanol–water partition coefficient (Wildman–Crippen LogP) is 2.12. The van der Waals surface area contributed by atoms with Gasteiger partial charge in [0, 0.05) is 30.4 Å². The van der Waals surface area contributed by atoms with Crippen molar-refractivity contribution in [2.24, 2.45) is 0 Å². The highest BCUT2D eigenvalue weighted by Crippen LogP contribution is 2.29. The highest BCUT2D eigenvalue weighted by atomic mass is 32.1. The highest BCUT2D eigenvalue weighted by Gasteiger charge is 2.21. The molecule has 1 atom stereocenters. The fraction of sp³-hybridized carbons (Fsp3) is 0.500. The van der Waals surface area contributed by atoms with Gasteiger partial charge in [-0.2, -0.15) is 4.98 Å². The zero-order chi connectivity index (χ0) is 14.8. The molecule has 3 rings (SSSR count). The maximum absolute atomic E-state index is 11.2. The molecule has 7 heteroatoms. The maximum atomic E-state index is 11.2. The molecule has 1 unspecified atom stereocenters. The molecule has 3 N–H and O–H groups in total. The number of amides is 1. The molecular formula is C14H19N5OS. The van der Waals surface area contributed by atoms with E-state index < -0.39 is 0 Å². The summed E-state index contributed by atoms with van der Waals surface area (Å²) in [7, 11) is 0. The minimum absolute atomic E-state index is 0.134. The average Bonchev–Trinajstić information content (AvgIpc) is 3.01. The van der Waals surface area contributed by atoms with Crippen LogP contribution in [0.5, 0.6) is 0 Å². The number of nitrogens with one attached hydrogen (secondary N) is 3. The number of hydrogen-bond acceptors (Lipinski definition) is 6. The van der Waals surface area contributed by atoms with E-state index in [0.29, 0.717) is 18.9 Å². The number of nitrogens with zero attached hydrogens (tertiary/aromatic N) is 2. The third-order valence-electron chi connectivity index (χ3n) is 3.45. The van der Waals surface area contributed by atoms with Crippen LogP contribution in [0.25, 0.3) is 10.2 Å². The largest absolute Gasteiger partial charge is 0.367 e. The van der Waals surface area contributed by atoms with Crippen molar-refractivity contribution in [3.63, 3.8) is 0 Å². The van der Waals surface area contributed by atoms with E-state index >= 15 is 0 Å². The number of carbonyl (C=O) groups excluding carboxylic acids is 1. The molecule has 0 aromatic carbocycles. The molecule has 0 radical (unpaired) electrons. The fourth-order valence-corrected chi connectivity index (χ4v) is 3.34. The van der Waals surface area contributed by atoms with Gasteiger partial charge in [0.15, 0.2) is 0 Å². The topological polar surface area (TPSA) is 78.9 Å². The molecule has 0 bridgehead atoms. The van der Waals surface area contributed by atoms with Gasteiger partial charge >= 0.3 is 0 Å². The van der Waals surface area contributed by atoms with Gasteiger partial charge in [-0.25, -0.2) is 4.98 Å². The van der Waals surface area contributed by atoms with Crippen LogP contribution >= 0.6 is 11.3 Å². The molecule has 6 nitrogen and oxygen atoms in total. The van der Waals surface area contributed by atoms with E-state index in [0.717, 1.165) is 29.0 Å². The van der Waals surface area contributed by atoms with Gasteiger partial charge in [0.2, 0.25) is 11.9 Å². The quantitative estimate of drug-likeness (QED) is 0.788. The zero-order valence-corrected chi connectivity index (χ0v) is 13.0. The highest BCUT2D eigenvalue weighted by molar-refractivity contribution is 7.18. The van der Waals surface area contributed by atoms with Gasteiger partial charge in [-0.3, -0.25) is 4.79 Å². The summed E-state index contributed by atoms with van der Waals surface area (Å²) in [6, 6.07) is 2.29. The van der Waals surface area contributed by atoms with E-state index in [-0.39, 0.29) is 11.9 Å². The van der Waals surface area contributed by atoms with Crippen LogP contribution in [0.15, 0.2) is 6.07 Å². The standard InChI is InChI=1S/C14H19N5OS/c1-3-15-14-18-12(10-6-8(2)21-13(10)19-14)16-7-9-4-5-11(20)17-9/h6,9H,3-5,7H2,1-2H3,(H,17,20)(H2,15,16,18,19). The number of aryl methyl sites for hydroxylation is 1. The number of thiophene rings is 1. The lowest BCUT2D eigenvalue weighted by atomic mass is 10.2. The monoisotopic (exact) mass is 305 g/mol. The van der Waals surface area contributed by atoms with Crippen molar-refractivity contribution >= 4 is 39.2 Å². The summed E-state index contributed by atoms with van der Waals surface area (Å²) in [5, 5.41) is 10.5. The van der Waals surface area contributed by atoms with Crippen LogP contribution in [0, 0.1) is 6.92 Å². The molecule has 1 amide bonds. The summed E-state index contributed by atoms with van der Waals surface area (Å²) in [5.41, 5.74) is 0. The van der Waals surface area contributed by atoms with Gasteiger partial charge in [0.25, 0.3) is 0 Å². The number of carbonyl (C=O) groups is 1. The SMILES string of the molecule is CCNc1nc(NCC2CCC(=O)N2)c2cc(C)sc2n1. The van der Waals surface area contributed by atoms with Crippen molar-refractivity contribution in [2.45, 2.75) is 32.7 Å². The van der Waals surface area contributed by atoms with Gasteiger partial charge in [-0.15, -0.1) is 11.3 Å². The molecule has 1 aliphatic rings. The summed E-state index contributed by atoms with van der Waals surface area (Å²) < 4.78 is 0. The lowest BCUT2D eigenvalue weighted by Crippen LogP contribution is -2.32. The number of hydrogen-bond donors (Lipinski definition) is 3. The zero-order valence-electron chi connectivity index (χ0n) is 12.2. The second-order valence-electron chi connectivity index (χ2n) is 5.19. The second-order valence-corrected chi connectivity index (χ2v) is 6.42. The summed E-state index contributed by atoms with van der Waals surface area (Å²) in [6.45, 7) is 5.57. The molecule has 0 saturated carbocycles. The van der Waals surface area contributed by atoms with Crippen LogP contribution in [0.1, 0.15) is 24.6 Å². The summed E-state index contributed by atoms with van der Waals surface area (Å²) >= 11 is 1.66. The molecular weight excluding hydrogens is 286 g/mol. The normalized spacial score (nSPS) is 18.0. The maximum Gasteiger partial charge on any atom is 0.226 e. The Balaban J connectivity index is 1.83. The minimum Gasteiger partial charge on any atom is -0.367 e. The Morgan fingerprint density at radius 2 is 2.29 bits per heavy atom. The lowest BCUT2D eigenvalue weighted by molar-refractivity contribution is -0.119.